The topological polar surface area (TPSA) is 66.4 Å². The number of amides is 1. The Bertz CT molecular complexity index is 580. The van der Waals surface area contributed by atoms with E-state index in [1.165, 1.54) is 11.3 Å². The molecule has 5 heteroatoms. The normalized spacial score (nSPS) is 13.4. The van der Waals surface area contributed by atoms with E-state index < -0.39 is 17.9 Å². The molecule has 1 aromatic heterocycles. The van der Waals surface area contributed by atoms with Gasteiger partial charge in [-0.1, -0.05) is 36.4 Å². The van der Waals surface area contributed by atoms with Gasteiger partial charge in [-0.3, -0.25) is 9.59 Å². The number of carboxylic acid groups (broad SMARTS) is 1. The van der Waals surface area contributed by atoms with E-state index in [0.717, 1.165) is 5.56 Å². The molecule has 0 saturated heterocycles. The Morgan fingerprint density at radius 1 is 1.15 bits per heavy atom. The van der Waals surface area contributed by atoms with Gasteiger partial charge in [-0.15, -0.1) is 11.3 Å². The van der Waals surface area contributed by atoms with E-state index in [1.54, 1.807) is 19.1 Å². The predicted molar refractivity (Wildman–Crippen MR) is 77.8 cm³/mol. The standard InChI is InChI=1S/C15H15NO3S/c1-10(15(18)19)13(11-6-3-2-4-7-11)16-14(17)12-8-5-9-20-12/h2-10,13H,1H3,(H,16,17)(H,18,19)/t10-,13-/m0/s1. The van der Waals surface area contributed by atoms with Crippen molar-refractivity contribution in [3.63, 3.8) is 0 Å². The summed E-state index contributed by atoms with van der Waals surface area (Å²) in [7, 11) is 0. The maximum atomic E-state index is 12.1. The van der Waals surface area contributed by atoms with Gasteiger partial charge in [0.05, 0.1) is 16.8 Å². The summed E-state index contributed by atoms with van der Waals surface area (Å²) in [6.45, 7) is 1.59. The SMILES string of the molecule is C[C@H](C(=O)O)[C@H](NC(=O)c1cccs1)c1ccccc1. The molecule has 0 unspecified atom stereocenters. The fraction of sp³-hybridized carbons (Fsp3) is 0.200. The summed E-state index contributed by atoms with van der Waals surface area (Å²) in [6, 6.07) is 12.1. The van der Waals surface area contributed by atoms with Gasteiger partial charge in [-0.25, -0.2) is 0 Å². The van der Waals surface area contributed by atoms with Gasteiger partial charge < -0.3 is 10.4 Å². The molecular weight excluding hydrogens is 274 g/mol. The van der Waals surface area contributed by atoms with Crippen molar-refractivity contribution in [1.82, 2.24) is 5.32 Å². The summed E-state index contributed by atoms with van der Waals surface area (Å²) in [5, 5.41) is 13.8. The lowest BCUT2D eigenvalue weighted by Gasteiger charge is -2.22. The van der Waals surface area contributed by atoms with Gasteiger partial charge in [-0.2, -0.15) is 0 Å². The number of carbonyl (C=O) groups excluding carboxylic acids is 1. The number of hydrogen-bond donors (Lipinski definition) is 2. The van der Waals surface area contributed by atoms with Gasteiger partial charge in [0.15, 0.2) is 0 Å². The maximum Gasteiger partial charge on any atom is 0.308 e. The van der Waals surface area contributed by atoms with Crippen LogP contribution in [0.3, 0.4) is 0 Å². The summed E-state index contributed by atoms with van der Waals surface area (Å²) in [4.78, 5) is 23.9. The maximum absolute atomic E-state index is 12.1. The quantitative estimate of drug-likeness (QED) is 0.889. The smallest absolute Gasteiger partial charge is 0.308 e. The first kappa shape index (κ1) is 14.3. The Morgan fingerprint density at radius 2 is 1.85 bits per heavy atom. The van der Waals surface area contributed by atoms with Gasteiger partial charge in [-0.05, 0) is 23.9 Å². The van der Waals surface area contributed by atoms with Gasteiger partial charge in [0.1, 0.15) is 0 Å². The number of hydrogen-bond acceptors (Lipinski definition) is 3. The first-order chi connectivity index (χ1) is 9.59. The molecule has 2 N–H and O–H groups in total. The number of benzene rings is 1. The lowest BCUT2D eigenvalue weighted by molar-refractivity contribution is -0.142. The average molecular weight is 289 g/mol. The minimum atomic E-state index is -0.940. The molecule has 2 atom stereocenters. The van der Waals surface area contributed by atoms with Crippen molar-refractivity contribution in [2.45, 2.75) is 13.0 Å². The Kier molecular flexibility index (Phi) is 4.53. The van der Waals surface area contributed by atoms with Crippen molar-refractivity contribution in [1.29, 1.82) is 0 Å². The molecule has 2 aromatic rings. The molecule has 20 heavy (non-hydrogen) atoms. The summed E-state index contributed by atoms with van der Waals surface area (Å²) in [5.74, 6) is -1.89. The molecule has 0 fully saturated rings. The summed E-state index contributed by atoms with van der Waals surface area (Å²) < 4.78 is 0. The molecule has 0 saturated carbocycles. The highest BCUT2D eigenvalue weighted by Crippen LogP contribution is 2.23. The predicted octanol–water partition coefficient (Wildman–Crippen LogP) is 2.94. The zero-order valence-corrected chi connectivity index (χ0v) is 11.8. The molecular formula is C15H15NO3S. The van der Waals surface area contributed by atoms with Crippen molar-refractivity contribution in [3.8, 4) is 0 Å². The highest BCUT2D eigenvalue weighted by atomic mass is 32.1. The van der Waals surface area contributed by atoms with Crippen LogP contribution in [0.2, 0.25) is 0 Å². The first-order valence-corrected chi connectivity index (χ1v) is 7.09. The van der Waals surface area contributed by atoms with Crippen molar-refractivity contribution in [3.05, 3.63) is 58.3 Å². The van der Waals surface area contributed by atoms with E-state index in [1.807, 2.05) is 35.7 Å². The van der Waals surface area contributed by atoms with Crippen LogP contribution < -0.4 is 5.32 Å². The lowest BCUT2D eigenvalue weighted by Crippen LogP contribution is -2.35. The van der Waals surface area contributed by atoms with Crippen LogP contribution in [0.15, 0.2) is 47.8 Å². The number of nitrogens with one attached hydrogen (secondary N) is 1. The molecule has 0 spiro atoms. The van der Waals surface area contributed by atoms with Crippen LogP contribution in [-0.2, 0) is 4.79 Å². The van der Waals surface area contributed by atoms with E-state index in [9.17, 15) is 14.7 Å². The minimum absolute atomic E-state index is 0.248. The van der Waals surface area contributed by atoms with Crippen molar-refractivity contribution in [2.75, 3.05) is 0 Å². The molecule has 0 aliphatic heterocycles. The summed E-state index contributed by atoms with van der Waals surface area (Å²) >= 11 is 1.33. The van der Waals surface area contributed by atoms with Crippen molar-refractivity contribution in [2.24, 2.45) is 5.92 Å². The van der Waals surface area contributed by atoms with E-state index in [-0.39, 0.29) is 5.91 Å². The molecule has 1 aromatic carbocycles. The van der Waals surface area contributed by atoms with Gasteiger partial charge in [0.2, 0.25) is 0 Å². The highest BCUT2D eigenvalue weighted by Gasteiger charge is 2.27. The van der Waals surface area contributed by atoms with Crippen molar-refractivity contribution >= 4 is 23.2 Å². The lowest BCUT2D eigenvalue weighted by atomic mass is 9.94. The third-order valence-electron chi connectivity index (χ3n) is 3.08. The van der Waals surface area contributed by atoms with Crippen LogP contribution in [0.25, 0.3) is 0 Å². The van der Waals surface area contributed by atoms with Gasteiger partial charge >= 0.3 is 5.97 Å². The third-order valence-corrected chi connectivity index (χ3v) is 3.95. The third kappa shape index (κ3) is 3.24. The van der Waals surface area contributed by atoms with E-state index in [2.05, 4.69) is 5.32 Å². The average Bonchev–Trinajstić information content (AvgIpc) is 2.99. The summed E-state index contributed by atoms with van der Waals surface area (Å²) in [5.41, 5.74) is 0.785. The van der Waals surface area contributed by atoms with Crippen LogP contribution in [0, 0.1) is 5.92 Å². The van der Waals surface area contributed by atoms with E-state index in [0.29, 0.717) is 4.88 Å². The Morgan fingerprint density at radius 3 is 2.40 bits per heavy atom. The molecule has 0 aliphatic carbocycles. The second-order valence-electron chi connectivity index (χ2n) is 4.47. The molecule has 1 heterocycles. The number of carbonyl (C=O) groups is 2. The van der Waals surface area contributed by atoms with Crippen LogP contribution in [-0.4, -0.2) is 17.0 Å². The fourth-order valence-electron chi connectivity index (χ4n) is 1.92. The molecule has 4 nitrogen and oxygen atoms in total. The van der Waals surface area contributed by atoms with E-state index in [4.69, 9.17) is 0 Å². The monoisotopic (exact) mass is 289 g/mol. The van der Waals surface area contributed by atoms with Crippen LogP contribution in [0.4, 0.5) is 0 Å². The number of carboxylic acids is 1. The van der Waals surface area contributed by atoms with Crippen molar-refractivity contribution < 1.29 is 14.7 Å². The zero-order chi connectivity index (χ0) is 14.5. The number of thiophene rings is 1. The minimum Gasteiger partial charge on any atom is -0.481 e. The van der Waals surface area contributed by atoms with Crippen LogP contribution in [0.1, 0.15) is 28.2 Å². The Labute approximate surface area is 121 Å². The molecule has 2 rings (SSSR count). The molecule has 0 aliphatic rings. The van der Waals surface area contributed by atoms with Gasteiger partial charge in [0.25, 0.3) is 5.91 Å². The first-order valence-electron chi connectivity index (χ1n) is 6.21. The molecule has 104 valence electrons. The molecule has 0 bridgehead atoms. The largest absolute Gasteiger partial charge is 0.481 e. The highest BCUT2D eigenvalue weighted by molar-refractivity contribution is 7.12. The zero-order valence-electron chi connectivity index (χ0n) is 10.9. The fourth-order valence-corrected chi connectivity index (χ4v) is 2.55. The summed E-state index contributed by atoms with van der Waals surface area (Å²) in [6.07, 6.45) is 0. The number of rotatable bonds is 5. The molecule has 0 radical (unpaired) electrons. The second-order valence-corrected chi connectivity index (χ2v) is 5.41. The van der Waals surface area contributed by atoms with Crippen LogP contribution in [0.5, 0.6) is 0 Å². The molecule has 1 amide bonds. The second kappa shape index (κ2) is 6.34. The number of aliphatic carboxylic acids is 1. The van der Waals surface area contributed by atoms with Gasteiger partial charge in [0, 0.05) is 0 Å². The Hall–Kier alpha value is -2.14. The Balaban J connectivity index is 2.24. The van der Waals surface area contributed by atoms with Crippen LogP contribution >= 0.6 is 11.3 Å². The van der Waals surface area contributed by atoms with E-state index >= 15 is 0 Å².